The molecular formula is C29H34F3N3O3. The molecule has 2 aromatic carbocycles. The van der Waals surface area contributed by atoms with Crippen LogP contribution < -0.4 is 10.2 Å². The average molecular weight is 530 g/mol. The maximum Gasteiger partial charge on any atom is 0.418 e. The van der Waals surface area contributed by atoms with Gasteiger partial charge in [0.2, 0.25) is 5.91 Å². The number of benzene rings is 2. The quantitative estimate of drug-likeness (QED) is 0.407. The van der Waals surface area contributed by atoms with Crippen LogP contribution >= 0.6 is 0 Å². The Morgan fingerprint density at radius 1 is 0.921 bits per heavy atom. The number of carbonyl (C=O) groups is 3. The SMILES string of the molecule is CC(C)c1cccc(C(C)C)c1NC(=O)CN1C(=O)N(c2ccccc2C(F)(F)F)C2(CCCCC2)C1=O. The van der Waals surface area contributed by atoms with Crippen LogP contribution in [0.15, 0.2) is 42.5 Å². The molecule has 0 unspecified atom stereocenters. The summed E-state index contributed by atoms with van der Waals surface area (Å²) in [5, 5.41) is 2.91. The Bertz CT molecular complexity index is 1210. The van der Waals surface area contributed by atoms with Gasteiger partial charge in [0.25, 0.3) is 5.91 Å². The predicted octanol–water partition coefficient (Wildman–Crippen LogP) is 7.06. The number of imide groups is 1. The molecule has 0 atom stereocenters. The van der Waals surface area contributed by atoms with Crippen LogP contribution in [0.2, 0.25) is 0 Å². The van der Waals surface area contributed by atoms with Crippen molar-refractivity contribution in [3.63, 3.8) is 0 Å². The molecule has 1 heterocycles. The molecule has 4 amide bonds. The smallest absolute Gasteiger partial charge is 0.324 e. The minimum Gasteiger partial charge on any atom is -0.324 e. The molecule has 9 heteroatoms. The summed E-state index contributed by atoms with van der Waals surface area (Å²) in [6.07, 6.45) is -2.20. The number of urea groups is 1. The Kier molecular flexibility index (Phi) is 7.59. The number of anilines is 2. The monoisotopic (exact) mass is 529 g/mol. The van der Waals surface area contributed by atoms with E-state index in [4.69, 9.17) is 0 Å². The molecule has 0 radical (unpaired) electrons. The zero-order chi connectivity index (χ0) is 27.8. The molecule has 1 aliphatic carbocycles. The van der Waals surface area contributed by atoms with Crippen molar-refractivity contribution in [3.05, 3.63) is 59.2 Å². The van der Waals surface area contributed by atoms with Gasteiger partial charge < -0.3 is 5.32 Å². The van der Waals surface area contributed by atoms with E-state index in [9.17, 15) is 27.6 Å². The maximum absolute atomic E-state index is 13.9. The zero-order valence-electron chi connectivity index (χ0n) is 22.2. The number of alkyl halides is 3. The molecule has 1 N–H and O–H groups in total. The second-order valence-corrected chi connectivity index (χ2v) is 10.8. The maximum atomic E-state index is 13.9. The molecule has 1 saturated carbocycles. The fraction of sp³-hybridized carbons (Fsp3) is 0.483. The van der Waals surface area contributed by atoms with E-state index in [1.165, 1.54) is 18.2 Å². The first-order chi connectivity index (χ1) is 17.9. The van der Waals surface area contributed by atoms with Crippen LogP contribution in [0.5, 0.6) is 0 Å². The number of nitrogens with one attached hydrogen (secondary N) is 1. The van der Waals surface area contributed by atoms with E-state index in [1.54, 1.807) is 0 Å². The summed E-state index contributed by atoms with van der Waals surface area (Å²) in [6, 6.07) is 9.69. The number of hydrogen-bond acceptors (Lipinski definition) is 3. The second kappa shape index (κ2) is 10.4. The molecule has 6 nitrogen and oxygen atoms in total. The van der Waals surface area contributed by atoms with Gasteiger partial charge in [0, 0.05) is 5.69 Å². The Balaban J connectivity index is 1.70. The number of rotatable bonds is 6. The largest absolute Gasteiger partial charge is 0.418 e. The molecule has 2 aliphatic rings. The van der Waals surface area contributed by atoms with Crippen molar-refractivity contribution in [1.82, 2.24) is 4.90 Å². The molecule has 2 fully saturated rings. The van der Waals surface area contributed by atoms with Gasteiger partial charge in [-0.15, -0.1) is 0 Å². The number of nitrogens with zero attached hydrogens (tertiary/aromatic N) is 2. The Hall–Kier alpha value is -3.36. The molecule has 0 aromatic heterocycles. The van der Waals surface area contributed by atoms with Crippen LogP contribution in [0.25, 0.3) is 0 Å². The highest BCUT2D eigenvalue weighted by atomic mass is 19.4. The second-order valence-electron chi connectivity index (χ2n) is 10.8. The third kappa shape index (κ3) is 4.90. The summed E-state index contributed by atoms with van der Waals surface area (Å²) in [5.74, 6) is -0.966. The van der Waals surface area contributed by atoms with Crippen LogP contribution in [0, 0.1) is 0 Å². The van der Waals surface area contributed by atoms with Crippen molar-refractivity contribution >= 4 is 29.2 Å². The van der Waals surface area contributed by atoms with E-state index < -0.39 is 41.7 Å². The van der Waals surface area contributed by atoms with Crippen LogP contribution in [0.3, 0.4) is 0 Å². The number of amides is 4. The minimum absolute atomic E-state index is 0.110. The molecule has 1 spiro atoms. The molecule has 4 rings (SSSR count). The first-order valence-electron chi connectivity index (χ1n) is 13.1. The van der Waals surface area contributed by atoms with Gasteiger partial charge in [-0.2, -0.15) is 13.2 Å². The first-order valence-corrected chi connectivity index (χ1v) is 13.1. The molecule has 38 heavy (non-hydrogen) atoms. The summed E-state index contributed by atoms with van der Waals surface area (Å²) >= 11 is 0. The van der Waals surface area contributed by atoms with Crippen LogP contribution in [0.4, 0.5) is 29.3 Å². The van der Waals surface area contributed by atoms with E-state index >= 15 is 0 Å². The van der Waals surface area contributed by atoms with E-state index in [-0.39, 0.29) is 30.4 Å². The third-order valence-corrected chi connectivity index (χ3v) is 7.56. The van der Waals surface area contributed by atoms with Crippen molar-refractivity contribution in [2.75, 3.05) is 16.8 Å². The zero-order valence-corrected chi connectivity index (χ0v) is 22.2. The fourth-order valence-electron chi connectivity index (χ4n) is 5.71. The Morgan fingerprint density at radius 2 is 1.50 bits per heavy atom. The number of para-hydroxylation sites is 2. The minimum atomic E-state index is -4.71. The van der Waals surface area contributed by atoms with Crippen molar-refractivity contribution in [2.45, 2.75) is 83.4 Å². The van der Waals surface area contributed by atoms with Gasteiger partial charge in [0.15, 0.2) is 0 Å². The normalized spacial score (nSPS) is 17.7. The fourth-order valence-corrected chi connectivity index (χ4v) is 5.71. The van der Waals surface area contributed by atoms with Gasteiger partial charge in [-0.25, -0.2) is 4.79 Å². The summed E-state index contributed by atoms with van der Waals surface area (Å²) in [5.41, 5.74) is -0.273. The van der Waals surface area contributed by atoms with Gasteiger partial charge in [-0.1, -0.05) is 77.3 Å². The lowest BCUT2D eigenvalue weighted by Crippen LogP contribution is -2.52. The lowest BCUT2D eigenvalue weighted by molar-refractivity contribution is -0.137. The van der Waals surface area contributed by atoms with Gasteiger partial charge in [-0.3, -0.25) is 19.4 Å². The molecular weight excluding hydrogens is 495 g/mol. The molecule has 204 valence electrons. The Morgan fingerprint density at radius 3 is 2.05 bits per heavy atom. The highest BCUT2D eigenvalue weighted by molar-refractivity contribution is 6.19. The van der Waals surface area contributed by atoms with Crippen molar-refractivity contribution in [2.24, 2.45) is 0 Å². The predicted molar refractivity (Wildman–Crippen MR) is 140 cm³/mol. The van der Waals surface area contributed by atoms with Crippen LogP contribution in [-0.2, 0) is 15.8 Å². The van der Waals surface area contributed by atoms with Gasteiger partial charge in [0.05, 0.1) is 11.3 Å². The molecule has 1 aliphatic heterocycles. The van der Waals surface area contributed by atoms with E-state index in [0.29, 0.717) is 18.5 Å². The number of halogens is 3. The third-order valence-electron chi connectivity index (χ3n) is 7.56. The lowest BCUT2D eigenvalue weighted by Gasteiger charge is -2.39. The summed E-state index contributed by atoms with van der Waals surface area (Å²) < 4.78 is 41.8. The molecule has 1 saturated heterocycles. The average Bonchev–Trinajstić information content (AvgIpc) is 3.04. The highest BCUT2D eigenvalue weighted by Crippen LogP contribution is 2.47. The lowest BCUT2D eigenvalue weighted by atomic mass is 9.80. The standard InChI is InChI=1S/C29H34F3N3O3/c1-18(2)20-11-10-12-21(19(3)4)25(20)33-24(36)17-34-26(37)28(15-8-5-9-16-28)35(27(34)38)23-14-7-6-13-22(23)29(30,31)32/h6-7,10-14,18-19H,5,8-9,15-17H2,1-4H3,(H,33,36). The van der Waals surface area contributed by atoms with Crippen LogP contribution in [-0.4, -0.2) is 34.8 Å². The van der Waals surface area contributed by atoms with Gasteiger partial charge >= 0.3 is 12.2 Å². The molecule has 2 aromatic rings. The Labute approximate surface area is 221 Å². The summed E-state index contributed by atoms with van der Waals surface area (Å²) in [6.45, 7) is 7.45. The van der Waals surface area contributed by atoms with E-state index in [2.05, 4.69) is 5.32 Å². The van der Waals surface area contributed by atoms with Crippen molar-refractivity contribution in [1.29, 1.82) is 0 Å². The number of carbonyl (C=O) groups excluding carboxylic acids is 3. The van der Waals surface area contributed by atoms with Crippen molar-refractivity contribution < 1.29 is 27.6 Å². The topological polar surface area (TPSA) is 69.7 Å². The highest BCUT2D eigenvalue weighted by Gasteiger charge is 2.59. The van der Waals surface area contributed by atoms with E-state index in [0.717, 1.165) is 33.4 Å². The number of hydrogen-bond donors (Lipinski definition) is 1. The summed E-state index contributed by atoms with van der Waals surface area (Å²) in [7, 11) is 0. The molecule has 0 bridgehead atoms. The van der Waals surface area contributed by atoms with Crippen LogP contribution in [0.1, 0.15) is 88.3 Å². The van der Waals surface area contributed by atoms with Crippen molar-refractivity contribution in [3.8, 4) is 0 Å². The van der Waals surface area contributed by atoms with E-state index in [1.807, 2.05) is 45.9 Å². The first kappa shape index (κ1) is 27.7. The summed E-state index contributed by atoms with van der Waals surface area (Å²) in [4.78, 5) is 42.6. The van der Waals surface area contributed by atoms with Gasteiger partial charge in [0.1, 0.15) is 12.1 Å². The van der Waals surface area contributed by atoms with Gasteiger partial charge in [-0.05, 0) is 47.9 Å².